The molecule has 0 heterocycles. The molecule has 83 valence electrons. The van der Waals surface area contributed by atoms with Gasteiger partial charge in [0.25, 0.3) is 0 Å². The zero-order chi connectivity index (χ0) is 10.8. The number of rotatable bonds is 3. The van der Waals surface area contributed by atoms with Gasteiger partial charge in [-0.25, -0.2) is 8.78 Å². The SMILES string of the molecule is [CH2]C1CCCC(OC(F)(F)C(F)F)C1. The van der Waals surface area contributed by atoms with E-state index in [0.29, 0.717) is 19.3 Å². The average Bonchev–Trinajstić information content (AvgIpc) is 2.02. The summed E-state index contributed by atoms with van der Waals surface area (Å²) in [7, 11) is 0. The first kappa shape index (κ1) is 11.8. The minimum absolute atomic E-state index is 0.0298. The minimum atomic E-state index is -4.32. The number of hydrogen-bond acceptors (Lipinski definition) is 1. The van der Waals surface area contributed by atoms with Gasteiger partial charge in [-0.2, -0.15) is 8.78 Å². The van der Waals surface area contributed by atoms with E-state index in [1.807, 2.05) is 0 Å². The summed E-state index contributed by atoms with van der Waals surface area (Å²) < 4.78 is 52.6. The van der Waals surface area contributed by atoms with Crippen molar-refractivity contribution in [3.8, 4) is 0 Å². The second-order valence-corrected chi connectivity index (χ2v) is 3.63. The maximum absolute atomic E-state index is 12.5. The molecular weight excluding hydrogens is 200 g/mol. The normalized spacial score (nSPS) is 29.6. The van der Waals surface area contributed by atoms with Gasteiger partial charge in [0.05, 0.1) is 6.10 Å². The fraction of sp³-hybridized carbons (Fsp3) is 0.889. The molecule has 0 amide bonds. The monoisotopic (exact) mass is 213 g/mol. The van der Waals surface area contributed by atoms with Crippen LogP contribution in [0.5, 0.6) is 0 Å². The lowest BCUT2D eigenvalue weighted by molar-refractivity contribution is -0.321. The lowest BCUT2D eigenvalue weighted by Crippen LogP contribution is -2.36. The van der Waals surface area contributed by atoms with Gasteiger partial charge >= 0.3 is 12.5 Å². The molecule has 1 aliphatic carbocycles. The third-order valence-corrected chi connectivity index (χ3v) is 2.31. The predicted octanol–water partition coefficient (Wildman–Crippen LogP) is 3.25. The summed E-state index contributed by atoms with van der Waals surface area (Å²) in [5.74, 6) is 0.0298. The van der Waals surface area contributed by atoms with Crippen molar-refractivity contribution >= 4 is 0 Å². The van der Waals surface area contributed by atoms with Crippen molar-refractivity contribution in [1.82, 2.24) is 0 Å². The van der Waals surface area contributed by atoms with Crippen LogP contribution >= 0.6 is 0 Å². The number of halogens is 4. The van der Waals surface area contributed by atoms with E-state index in [2.05, 4.69) is 11.7 Å². The molecule has 0 aromatic rings. The summed E-state index contributed by atoms with van der Waals surface area (Å²) in [5.41, 5.74) is 0. The van der Waals surface area contributed by atoms with Crippen LogP contribution in [0.25, 0.3) is 0 Å². The number of hydrogen-bond donors (Lipinski definition) is 0. The summed E-state index contributed by atoms with van der Waals surface area (Å²) in [5, 5.41) is 0. The Balaban J connectivity index is 2.43. The van der Waals surface area contributed by atoms with Crippen LogP contribution in [0, 0.1) is 12.8 Å². The quantitative estimate of drug-likeness (QED) is 0.654. The van der Waals surface area contributed by atoms with E-state index < -0.39 is 18.6 Å². The van der Waals surface area contributed by atoms with Gasteiger partial charge in [-0.1, -0.05) is 19.8 Å². The minimum Gasteiger partial charge on any atom is -0.313 e. The lowest BCUT2D eigenvalue weighted by atomic mass is 9.89. The molecule has 0 aliphatic heterocycles. The Kier molecular flexibility index (Phi) is 3.75. The Morgan fingerprint density at radius 1 is 1.29 bits per heavy atom. The molecule has 2 unspecified atom stereocenters. The maximum atomic E-state index is 12.5. The molecule has 0 aromatic carbocycles. The van der Waals surface area contributed by atoms with E-state index in [0.717, 1.165) is 6.42 Å². The highest BCUT2D eigenvalue weighted by Gasteiger charge is 2.44. The first-order chi connectivity index (χ1) is 6.42. The molecule has 0 spiro atoms. The highest BCUT2D eigenvalue weighted by molar-refractivity contribution is 4.76. The molecule has 1 fully saturated rings. The largest absolute Gasteiger partial charge is 0.416 e. The van der Waals surface area contributed by atoms with Gasteiger partial charge in [0.15, 0.2) is 0 Å². The molecule has 0 aromatic heterocycles. The molecule has 1 aliphatic rings. The topological polar surface area (TPSA) is 9.23 Å². The van der Waals surface area contributed by atoms with Crippen LogP contribution < -0.4 is 0 Å². The van der Waals surface area contributed by atoms with E-state index in [1.54, 1.807) is 0 Å². The second kappa shape index (κ2) is 4.47. The standard InChI is InChI=1S/C9H13F4O/c1-6-3-2-4-7(5-6)14-9(12,13)8(10)11/h6-8H,1-5H2. The molecule has 2 atom stereocenters. The third-order valence-electron chi connectivity index (χ3n) is 2.31. The molecule has 1 nitrogen and oxygen atoms in total. The Labute approximate surface area is 80.4 Å². The van der Waals surface area contributed by atoms with Crippen LogP contribution in [0.15, 0.2) is 0 Å². The van der Waals surface area contributed by atoms with E-state index >= 15 is 0 Å². The first-order valence-electron chi connectivity index (χ1n) is 4.58. The Bertz CT molecular complexity index is 184. The van der Waals surface area contributed by atoms with Crippen molar-refractivity contribution in [3.63, 3.8) is 0 Å². The second-order valence-electron chi connectivity index (χ2n) is 3.63. The van der Waals surface area contributed by atoms with Crippen LogP contribution in [0.1, 0.15) is 25.7 Å². The summed E-state index contributed by atoms with van der Waals surface area (Å²) >= 11 is 0. The zero-order valence-electron chi connectivity index (χ0n) is 7.69. The van der Waals surface area contributed by atoms with Gasteiger partial charge in [0, 0.05) is 0 Å². The van der Waals surface area contributed by atoms with E-state index in [-0.39, 0.29) is 5.92 Å². The average molecular weight is 213 g/mol. The highest BCUT2D eigenvalue weighted by atomic mass is 19.3. The van der Waals surface area contributed by atoms with Crippen molar-refractivity contribution in [2.45, 2.75) is 44.3 Å². The predicted molar refractivity (Wildman–Crippen MR) is 43.1 cm³/mol. The molecule has 0 N–H and O–H groups in total. The fourth-order valence-corrected chi connectivity index (χ4v) is 1.62. The summed E-state index contributed by atoms with van der Waals surface area (Å²) in [6.45, 7) is 3.71. The van der Waals surface area contributed by atoms with E-state index in [9.17, 15) is 17.6 Å². The molecule has 1 rings (SSSR count). The van der Waals surface area contributed by atoms with Crippen LogP contribution in [-0.4, -0.2) is 18.6 Å². The molecule has 1 radical (unpaired) electrons. The van der Waals surface area contributed by atoms with Gasteiger partial charge in [0.1, 0.15) is 0 Å². The molecule has 1 saturated carbocycles. The van der Waals surface area contributed by atoms with Crippen LogP contribution in [0.2, 0.25) is 0 Å². The van der Waals surface area contributed by atoms with Crippen molar-refractivity contribution < 1.29 is 22.3 Å². The summed E-state index contributed by atoms with van der Waals surface area (Å²) in [4.78, 5) is 0. The van der Waals surface area contributed by atoms with Crippen LogP contribution in [0.4, 0.5) is 17.6 Å². The first-order valence-corrected chi connectivity index (χ1v) is 4.58. The zero-order valence-corrected chi connectivity index (χ0v) is 7.69. The van der Waals surface area contributed by atoms with Gasteiger partial charge < -0.3 is 4.74 Å². The van der Waals surface area contributed by atoms with Crippen molar-refractivity contribution in [3.05, 3.63) is 6.92 Å². The molecular formula is C9H13F4O. The lowest BCUT2D eigenvalue weighted by Gasteiger charge is -2.29. The summed E-state index contributed by atoms with van der Waals surface area (Å²) in [6, 6.07) is 0. The molecule has 0 bridgehead atoms. The Morgan fingerprint density at radius 3 is 2.43 bits per heavy atom. The van der Waals surface area contributed by atoms with Gasteiger partial charge in [-0.3, -0.25) is 0 Å². The molecule has 5 heteroatoms. The molecule has 14 heavy (non-hydrogen) atoms. The maximum Gasteiger partial charge on any atom is 0.416 e. The van der Waals surface area contributed by atoms with Gasteiger partial charge in [-0.15, -0.1) is 0 Å². The van der Waals surface area contributed by atoms with Crippen molar-refractivity contribution in [2.24, 2.45) is 5.92 Å². The number of ether oxygens (including phenoxy) is 1. The fourth-order valence-electron chi connectivity index (χ4n) is 1.62. The van der Waals surface area contributed by atoms with Crippen LogP contribution in [-0.2, 0) is 4.74 Å². The highest BCUT2D eigenvalue weighted by Crippen LogP contribution is 2.32. The Morgan fingerprint density at radius 2 is 1.93 bits per heavy atom. The van der Waals surface area contributed by atoms with Crippen molar-refractivity contribution in [1.29, 1.82) is 0 Å². The number of alkyl halides is 4. The van der Waals surface area contributed by atoms with Crippen molar-refractivity contribution in [2.75, 3.05) is 0 Å². The molecule has 0 saturated heterocycles. The summed E-state index contributed by atoms with van der Waals surface area (Å²) in [6.07, 6.45) is -6.56. The van der Waals surface area contributed by atoms with Gasteiger partial charge in [0.2, 0.25) is 0 Å². The van der Waals surface area contributed by atoms with Crippen LogP contribution in [0.3, 0.4) is 0 Å². The van der Waals surface area contributed by atoms with E-state index in [1.165, 1.54) is 0 Å². The van der Waals surface area contributed by atoms with Gasteiger partial charge in [-0.05, 0) is 18.8 Å². The third kappa shape index (κ3) is 3.12. The Hall–Kier alpha value is -0.320. The van der Waals surface area contributed by atoms with E-state index in [4.69, 9.17) is 0 Å². The smallest absolute Gasteiger partial charge is 0.313 e.